The summed E-state index contributed by atoms with van der Waals surface area (Å²) in [4.78, 5) is 3.99. The summed E-state index contributed by atoms with van der Waals surface area (Å²) in [7, 11) is 0. The van der Waals surface area contributed by atoms with Gasteiger partial charge in [0.1, 0.15) is 22.9 Å². The molecule has 0 bridgehead atoms. The molecule has 1 aromatic rings. The average Bonchev–Trinajstić information content (AvgIpc) is 2.02. The highest BCUT2D eigenvalue weighted by Crippen LogP contribution is 2.16. The standard InChI is InChI=1S/C10H15N3O.ClH/c1-10(2,3)14-7-4-5-8(9(11)12)13-6-7;/h4-6H,1-3H3,(H3,11,12);1H. The van der Waals surface area contributed by atoms with E-state index in [4.69, 9.17) is 15.9 Å². The molecule has 3 N–H and O–H groups in total. The van der Waals surface area contributed by atoms with Crippen molar-refractivity contribution in [1.29, 1.82) is 5.41 Å². The Morgan fingerprint density at radius 3 is 2.33 bits per heavy atom. The van der Waals surface area contributed by atoms with E-state index in [9.17, 15) is 0 Å². The Kier molecular flexibility index (Phi) is 4.55. The van der Waals surface area contributed by atoms with E-state index in [1.807, 2.05) is 20.8 Å². The van der Waals surface area contributed by atoms with Crippen molar-refractivity contribution < 1.29 is 4.74 Å². The number of rotatable bonds is 2. The van der Waals surface area contributed by atoms with Crippen LogP contribution >= 0.6 is 12.4 Å². The fourth-order valence-corrected chi connectivity index (χ4v) is 0.954. The lowest BCUT2D eigenvalue weighted by atomic mass is 10.2. The quantitative estimate of drug-likeness (QED) is 0.602. The molecule has 0 unspecified atom stereocenters. The van der Waals surface area contributed by atoms with Crippen LogP contribution in [-0.4, -0.2) is 16.4 Å². The molecule has 0 saturated heterocycles. The molecule has 0 fully saturated rings. The van der Waals surface area contributed by atoms with Crippen molar-refractivity contribution in [3.8, 4) is 5.75 Å². The van der Waals surface area contributed by atoms with Crippen LogP contribution in [0.3, 0.4) is 0 Å². The molecule has 15 heavy (non-hydrogen) atoms. The Bertz CT molecular complexity index is 330. The minimum atomic E-state index is -0.237. The first-order valence-corrected chi connectivity index (χ1v) is 4.38. The topological polar surface area (TPSA) is 72.0 Å². The molecule has 0 aliphatic heterocycles. The molecule has 0 atom stereocenters. The van der Waals surface area contributed by atoms with Crippen molar-refractivity contribution in [3.05, 3.63) is 24.0 Å². The van der Waals surface area contributed by atoms with Crippen molar-refractivity contribution in [1.82, 2.24) is 4.98 Å². The van der Waals surface area contributed by atoms with E-state index in [-0.39, 0.29) is 23.8 Å². The fourth-order valence-electron chi connectivity index (χ4n) is 0.954. The predicted octanol–water partition coefficient (Wildman–Crippen LogP) is 1.96. The first-order chi connectivity index (χ1) is 6.38. The zero-order chi connectivity index (χ0) is 10.8. The maximum absolute atomic E-state index is 7.16. The van der Waals surface area contributed by atoms with Gasteiger partial charge in [0.05, 0.1) is 6.20 Å². The number of nitrogen functional groups attached to an aromatic ring is 1. The van der Waals surface area contributed by atoms with Crippen LogP contribution in [0.5, 0.6) is 5.75 Å². The van der Waals surface area contributed by atoms with E-state index in [1.165, 1.54) is 0 Å². The normalized spacial score (nSPS) is 10.3. The van der Waals surface area contributed by atoms with Crippen molar-refractivity contribution in [2.75, 3.05) is 0 Å². The van der Waals surface area contributed by atoms with Crippen molar-refractivity contribution >= 4 is 18.2 Å². The Morgan fingerprint density at radius 2 is 2.00 bits per heavy atom. The van der Waals surface area contributed by atoms with Gasteiger partial charge in [-0.15, -0.1) is 12.4 Å². The molecule has 5 heteroatoms. The SMILES string of the molecule is CC(C)(C)Oc1ccc(C(=N)N)nc1.Cl. The second-order valence-corrected chi connectivity index (χ2v) is 4.01. The van der Waals surface area contributed by atoms with Crippen LogP contribution in [-0.2, 0) is 0 Å². The van der Waals surface area contributed by atoms with E-state index >= 15 is 0 Å². The predicted molar refractivity (Wildman–Crippen MR) is 62.9 cm³/mol. The number of nitrogens with one attached hydrogen (secondary N) is 1. The average molecular weight is 230 g/mol. The van der Waals surface area contributed by atoms with Crippen molar-refractivity contribution in [3.63, 3.8) is 0 Å². The highest BCUT2D eigenvalue weighted by Gasteiger charge is 2.11. The molecule has 0 saturated carbocycles. The molecular weight excluding hydrogens is 214 g/mol. The molecule has 0 radical (unpaired) electrons. The van der Waals surface area contributed by atoms with Gasteiger partial charge in [-0.25, -0.2) is 4.98 Å². The summed E-state index contributed by atoms with van der Waals surface area (Å²) in [6, 6.07) is 3.43. The summed E-state index contributed by atoms with van der Waals surface area (Å²) >= 11 is 0. The Labute approximate surface area is 95.8 Å². The molecule has 0 aromatic carbocycles. The first-order valence-electron chi connectivity index (χ1n) is 4.38. The van der Waals surface area contributed by atoms with Gasteiger partial charge in [0.15, 0.2) is 0 Å². The maximum Gasteiger partial charge on any atom is 0.141 e. The van der Waals surface area contributed by atoms with Gasteiger partial charge >= 0.3 is 0 Å². The van der Waals surface area contributed by atoms with Crippen molar-refractivity contribution in [2.45, 2.75) is 26.4 Å². The van der Waals surface area contributed by atoms with Crippen molar-refractivity contribution in [2.24, 2.45) is 5.73 Å². The van der Waals surface area contributed by atoms with E-state index in [2.05, 4.69) is 4.98 Å². The second-order valence-electron chi connectivity index (χ2n) is 4.01. The summed E-state index contributed by atoms with van der Waals surface area (Å²) in [6.07, 6.45) is 1.57. The van der Waals surface area contributed by atoms with Crippen LogP contribution in [0.25, 0.3) is 0 Å². The lowest BCUT2D eigenvalue weighted by molar-refractivity contribution is 0.130. The lowest BCUT2D eigenvalue weighted by Crippen LogP contribution is -2.23. The highest BCUT2D eigenvalue weighted by atomic mass is 35.5. The van der Waals surface area contributed by atoms with Gasteiger partial charge in [-0.3, -0.25) is 5.41 Å². The van der Waals surface area contributed by atoms with Crippen LogP contribution < -0.4 is 10.5 Å². The Balaban J connectivity index is 0.00000196. The van der Waals surface area contributed by atoms with Gasteiger partial charge in [0.2, 0.25) is 0 Å². The summed E-state index contributed by atoms with van der Waals surface area (Å²) < 4.78 is 5.56. The molecule has 0 aliphatic carbocycles. The van der Waals surface area contributed by atoms with Gasteiger partial charge in [-0.05, 0) is 32.9 Å². The van der Waals surface area contributed by atoms with Gasteiger partial charge in [0.25, 0.3) is 0 Å². The Morgan fingerprint density at radius 1 is 1.40 bits per heavy atom. The molecule has 0 amide bonds. The summed E-state index contributed by atoms with van der Waals surface area (Å²) in [6.45, 7) is 5.89. The number of amidine groups is 1. The van der Waals surface area contributed by atoms with E-state index in [0.29, 0.717) is 11.4 Å². The number of hydrogen-bond donors (Lipinski definition) is 2. The zero-order valence-corrected chi connectivity index (χ0v) is 9.89. The third kappa shape index (κ3) is 4.65. The molecule has 1 heterocycles. The Hall–Kier alpha value is -1.29. The summed E-state index contributed by atoms with van der Waals surface area (Å²) in [5.41, 5.74) is 5.50. The number of ether oxygens (including phenoxy) is 1. The number of hydrogen-bond acceptors (Lipinski definition) is 3. The lowest BCUT2D eigenvalue weighted by Gasteiger charge is -2.20. The highest BCUT2D eigenvalue weighted by molar-refractivity contribution is 5.92. The molecule has 1 aromatic heterocycles. The number of pyridine rings is 1. The molecule has 0 spiro atoms. The van der Waals surface area contributed by atoms with Gasteiger partial charge < -0.3 is 10.5 Å². The van der Waals surface area contributed by atoms with E-state index in [0.717, 1.165) is 0 Å². The molecular formula is C10H16ClN3O. The molecule has 0 aliphatic rings. The monoisotopic (exact) mass is 229 g/mol. The third-order valence-corrected chi connectivity index (χ3v) is 1.44. The van der Waals surface area contributed by atoms with E-state index < -0.39 is 0 Å². The number of halogens is 1. The maximum atomic E-state index is 7.16. The van der Waals surface area contributed by atoms with E-state index in [1.54, 1.807) is 18.3 Å². The fraction of sp³-hybridized carbons (Fsp3) is 0.400. The molecule has 84 valence electrons. The van der Waals surface area contributed by atoms with Crippen LogP contribution in [0.4, 0.5) is 0 Å². The second kappa shape index (κ2) is 4.98. The zero-order valence-electron chi connectivity index (χ0n) is 9.07. The van der Waals surface area contributed by atoms with Crippen LogP contribution in [0.15, 0.2) is 18.3 Å². The van der Waals surface area contributed by atoms with Crippen LogP contribution in [0.1, 0.15) is 26.5 Å². The third-order valence-electron chi connectivity index (χ3n) is 1.44. The van der Waals surface area contributed by atoms with Crippen LogP contribution in [0.2, 0.25) is 0 Å². The molecule has 1 rings (SSSR count). The van der Waals surface area contributed by atoms with Gasteiger partial charge in [-0.1, -0.05) is 0 Å². The van der Waals surface area contributed by atoms with Crippen LogP contribution in [0, 0.1) is 5.41 Å². The van der Waals surface area contributed by atoms with Gasteiger partial charge in [-0.2, -0.15) is 0 Å². The number of nitrogens with zero attached hydrogens (tertiary/aromatic N) is 1. The largest absolute Gasteiger partial charge is 0.487 e. The minimum Gasteiger partial charge on any atom is -0.487 e. The summed E-state index contributed by atoms with van der Waals surface area (Å²) in [5, 5.41) is 7.16. The number of aromatic nitrogens is 1. The first kappa shape index (κ1) is 13.7. The molecule has 4 nitrogen and oxygen atoms in total. The summed E-state index contributed by atoms with van der Waals surface area (Å²) in [5.74, 6) is 0.648. The smallest absolute Gasteiger partial charge is 0.141 e. The number of nitrogens with two attached hydrogens (primary N) is 1. The van der Waals surface area contributed by atoms with Gasteiger partial charge in [0, 0.05) is 0 Å². The minimum absolute atomic E-state index is 0.